The van der Waals surface area contributed by atoms with Crippen LogP contribution in [0, 0.1) is 0 Å². The smallest absolute Gasteiger partial charge is 0.0701 e. The lowest BCUT2D eigenvalue weighted by Crippen LogP contribution is -2.44. The van der Waals surface area contributed by atoms with E-state index in [-0.39, 0.29) is 0 Å². The van der Waals surface area contributed by atoms with Gasteiger partial charge in [-0.05, 0) is 41.9 Å². The van der Waals surface area contributed by atoms with E-state index in [1.165, 1.54) is 8.66 Å². The van der Waals surface area contributed by atoms with Gasteiger partial charge in [0.2, 0.25) is 0 Å². The summed E-state index contributed by atoms with van der Waals surface area (Å²) >= 11 is 5.32. The second kappa shape index (κ2) is 7.01. The first-order chi connectivity index (χ1) is 8.65. The minimum Gasteiger partial charge on any atom is -0.379 e. The fourth-order valence-corrected chi connectivity index (χ4v) is 3.73. The average Bonchev–Trinajstić information content (AvgIpc) is 2.77. The maximum absolute atomic E-state index is 5.37. The van der Waals surface area contributed by atoms with E-state index in [1.807, 2.05) is 0 Å². The standard InChI is InChI=1S/C13H21BrN2OS/c1-10(9-16-5-7-17-8-6-16)15-11(2)12-3-4-13(14)18-12/h3-4,10-11,15H,5-9H2,1-2H3. The van der Waals surface area contributed by atoms with Crippen molar-refractivity contribution in [1.29, 1.82) is 0 Å². The first kappa shape index (κ1) is 14.5. The Morgan fingerprint density at radius 2 is 2.11 bits per heavy atom. The van der Waals surface area contributed by atoms with Crippen molar-refractivity contribution >= 4 is 27.3 Å². The number of hydrogen-bond donors (Lipinski definition) is 1. The van der Waals surface area contributed by atoms with Gasteiger partial charge in [0.05, 0.1) is 17.0 Å². The lowest BCUT2D eigenvalue weighted by molar-refractivity contribution is 0.0339. The van der Waals surface area contributed by atoms with Gasteiger partial charge >= 0.3 is 0 Å². The second-order valence-electron chi connectivity index (χ2n) is 4.84. The summed E-state index contributed by atoms with van der Waals surface area (Å²) < 4.78 is 6.57. The number of morpholine rings is 1. The first-order valence-corrected chi connectivity index (χ1v) is 8.07. The van der Waals surface area contributed by atoms with Gasteiger partial charge in [-0.2, -0.15) is 0 Å². The minimum atomic E-state index is 0.414. The molecule has 0 radical (unpaired) electrons. The quantitative estimate of drug-likeness (QED) is 0.897. The van der Waals surface area contributed by atoms with Crippen molar-refractivity contribution < 1.29 is 4.74 Å². The van der Waals surface area contributed by atoms with Crippen LogP contribution in [0.2, 0.25) is 0 Å². The molecule has 2 heterocycles. The van der Waals surface area contributed by atoms with Gasteiger partial charge in [0, 0.05) is 36.6 Å². The third-order valence-electron chi connectivity index (χ3n) is 3.19. The molecule has 0 amide bonds. The number of rotatable bonds is 5. The molecule has 0 saturated carbocycles. The van der Waals surface area contributed by atoms with E-state index in [0.29, 0.717) is 12.1 Å². The Balaban J connectivity index is 1.77. The summed E-state index contributed by atoms with van der Waals surface area (Å²) in [5.74, 6) is 0. The number of ether oxygens (including phenoxy) is 1. The maximum atomic E-state index is 5.37. The van der Waals surface area contributed by atoms with Crippen molar-refractivity contribution in [3.8, 4) is 0 Å². The van der Waals surface area contributed by atoms with Gasteiger partial charge in [0.25, 0.3) is 0 Å². The average molecular weight is 333 g/mol. The highest BCUT2D eigenvalue weighted by Crippen LogP contribution is 2.27. The molecule has 1 N–H and O–H groups in total. The van der Waals surface area contributed by atoms with Crippen LogP contribution < -0.4 is 5.32 Å². The fourth-order valence-electron chi connectivity index (χ4n) is 2.29. The molecule has 1 aromatic heterocycles. The predicted molar refractivity (Wildman–Crippen MR) is 80.3 cm³/mol. The van der Waals surface area contributed by atoms with Crippen molar-refractivity contribution in [2.75, 3.05) is 32.8 Å². The van der Waals surface area contributed by atoms with Crippen molar-refractivity contribution in [1.82, 2.24) is 10.2 Å². The highest BCUT2D eigenvalue weighted by molar-refractivity contribution is 9.11. The minimum absolute atomic E-state index is 0.414. The lowest BCUT2D eigenvalue weighted by atomic mass is 10.2. The molecule has 1 saturated heterocycles. The third-order valence-corrected chi connectivity index (χ3v) is 5.00. The van der Waals surface area contributed by atoms with Gasteiger partial charge in [-0.15, -0.1) is 11.3 Å². The summed E-state index contributed by atoms with van der Waals surface area (Å²) in [7, 11) is 0. The van der Waals surface area contributed by atoms with Gasteiger partial charge in [0.1, 0.15) is 0 Å². The van der Waals surface area contributed by atoms with Crippen LogP contribution in [0.5, 0.6) is 0 Å². The highest BCUT2D eigenvalue weighted by Gasteiger charge is 2.16. The van der Waals surface area contributed by atoms with E-state index in [0.717, 1.165) is 32.8 Å². The second-order valence-corrected chi connectivity index (χ2v) is 7.34. The van der Waals surface area contributed by atoms with Crippen LogP contribution in [0.25, 0.3) is 0 Å². The van der Waals surface area contributed by atoms with Crippen molar-refractivity contribution in [2.45, 2.75) is 25.9 Å². The molecule has 102 valence electrons. The third kappa shape index (κ3) is 4.31. The molecule has 3 nitrogen and oxygen atoms in total. The van der Waals surface area contributed by atoms with Crippen LogP contribution in [0.4, 0.5) is 0 Å². The lowest BCUT2D eigenvalue weighted by Gasteiger charge is -2.30. The molecule has 1 aliphatic rings. The van der Waals surface area contributed by atoms with Crippen LogP contribution >= 0.6 is 27.3 Å². The zero-order valence-corrected chi connectivity index (χ0v) is 13.4. The zero-order valence-electron chi connectivity index (χ0n) is 11.0. The van der Waals surface area contributed by atoms with E-state index >= 15 is 0 Å². The molecule has 18 heavy (non-hydrogen) atoms. The Morgan fingerprint density at radius 1 is 1.39 bits per heavy atom. The molecule has 2 rings (SSSR count). The number of hydrogen-bond acceptors (Lipinski definition) is 4. The van der Waals surface area contributed by atoms with Gasteiger partial charge < -0.3 is 10.1 Å². The Kier molecular flexibility index (Phi) is 5.63. The summed E-state index contributed by atoms with van der Waals surface area (Å²) in [4.78, 5) is 3.86. The van der Waals surface area contributed by atoms with Gasteiger partial charge in [-0.25, -0.2) is 0 Å². The molecule has 1 fully saturated rings. The summed E-state index contributed by atoms with van der Waals surface area (Å²) in [5, 5.41) is 3.66. The molecule has 0 spiro atoms. The van der Waals surface area contributed by atoms with Crippen LogP contribution in [0.15, 0.2) is 15.9 Å². The summed E-state index contributed by atoms with van der Waals surface area (Å²) in [6.07, 6.45) is 0. The van der Waals surface area contributed by atoms with Crippen molar-refractivity contribution in [3.05, 3.63) is 20.8 Å². The van der Waals surface area contributed by atoms with E-state index < -0.39 is 0 Å². The Hall–Kier alpha value is 0.0600. The molecule has 2 atom stereocenters. The van der Waals surface area contributed by atoms with Crippen LogP contribution in [-0.4, -0.2) is 43.8 Å². The zero-order chi connectivity index (χ0) is 13.0. The number of nitrogens with one attached hydrogen (secondary N) is 1. The summed E-state index contributed by atoms with van der Waals surface area (Å²) in [5.41, 5.74) is 0. The van der Waals surface area contributed by atoms with E-state index in [4.69, 9.17) is 4.74 Å². The van der Waals surface area contributed by atoms with Crippen molar-refractivity contribution in [3.63, 3.8) is 0 Å². The summed E-state index contributed by atoms with van der Waals surface area (Å²) in [6.45, 7) is 9.46. The fraction of sp³-hybridized carbons (Fsp3) is 0.692. The Labute approximate surface area is 122 Å². The predicted octanol–water partition coefficient (Wildman–Crippen LogP) is 2.88. The highest BCUT2D eigenvalue weighted by atomic mass is 79.9. The SMILES string of the molecule is CC(CN1CCOCC1)NC(C)c1ccc(Br)s1. The molecule has 1 aromatic rings. The number of nitrogens with zero attached hydrogens (tertiary/aromatic N) is 1. The van der Waals surface area contributed by atoms with Gasteiger partial charge in [0.15, 0.2) is 0 Å². The maximum Gasteiger partial charge on any atom is 0.0701 e. The molecule has 2 unspecified atom stereocenters. The molecule has 5 heteroatoms. The van der Waals surface area contributed by atoms with E-state index in [9.17, 15) is 0 Å². The molecule has 1 aliphatic heterocycles. The van der Waals surface area contributed by atoms with Gasteiger partial charge in [-0.1, -0.05) is 0 Å². The molecular formula is C13H21BrN2OS. The molecular weight excluding hydrogens is 312 g/mol. The first-order valence-electron chi connectivity index (χ1n) is 6.46. The van der Waals surface area contributed by atoms with E-state index in [2.05, 4.69) is 52.1 Å². The molecule has 0 aliphatic carbocycles. The molecule has 0 aromatic carbocycles. The van der Waals surface area contributed by atoms with Crippen molar-refractivity contribution in [2.24, 2.45) is 0 Å². The number of thiophene rings is 1. The summed E-state index contributed by atoms with van der Waals surface area (Å²) in [6, 6.07) is 5.22. The largest absolute Gasteiger partial charge is 0.379 e. The number of halogens is 1. The van der Waals surface area contributed by atoms with Crippen LogP contribution in [-0.2, 0) is 4.74 Å². The van der Waals surface area contributed by atoms with Crippen LogP contribution in [0.3, 0.4) is 0 Å². The van der Waals surface area contributed by atoms with Gasteiger partial charge in [-0.3, -0.25) is 4.90 Å². The normalized spacial score (nSPS) is 20.8. The monoisotopic (exact) mass is 332 g/mol. The Morgan fingerprint density at radius 3 is 2.72 bits per heavy atom. The molecule has 0 bridgehead atoms. The van der Waals surface area contributed by atoms with E-state index in [1.54, 1.807) is 11.3 Å². The van der Waals surface area contributed by atoms with Crippen LogP contribution in [0.1, 0.15) is 24.8 Å². The Bertz CT molecular complexity index is 366. The topological polar surface area (TPSA) is 24.5 Å².